The minimum absolute atomic E-state index is 0.129. The molecule has 3 heteroatoms. The molecule has 0 spiro atoms. The van der Waals surface area contributed by atoms with Crippen LogP contribution >= 0.6 is 0 Å². The summed E-state index contributed by atoms with van der Waals surface area (Å²) in [6.45, 7) is 3.10. The largest absolute Gasteiger partial charge is 0.386 e. The van der Waals surface area contributed by atoms with Gasteiger partial charge in [-0.15, -0.1) is 0 Å². The Bertz CT molecular complexity index is 456. The highest BCUT2D eigenvalue weighted by Gasteiger charge is 2.53. The number of carbonyl (C=O) groups excluding carboxylic acids is 1. The molecule has 1 aliphatic carbocycles. The van der Waals surface area contributed by atoms with Crippen molar-refractivity contribution < 1.29 is 9.90 Å². The van der Waals surface area contributed by atoms with Crippen LogP contribution in [0.4, 0.5) is 0 Å². The quantitative estimate of drug-likeness (QED) is 0.877. The smallest absolute Gasteiger partial charge is 0.227 e. The Balaban J connectivity index is 1.55. The van der Waals surface area contributed by atoms with Gasteiger partial charge in [0.15, 0.2) is 0 Å². The van der Waals surface area contributed by atoms with E-state index in [4.69, 9.17) is 0 Å². The van der Waals surface area contributed by atoms with Gasteiger partial charge in [-0.25, -0.2) is 0 Å². The number of carbonyl (C=O) groups is 1. The molecule has 0 aromatic heterocycles. The van der Waals surface area contributed by atoms with Crippen molar-refractivity contribution in [2.45, 2.75) is 31.8 Å². The fraction of sp³-hybridized carbons (Fsp3) is 0.533. The van der Waals surface area contributed by atoms with E-state index >= 15 is 0 Å². The molecule has 2 aliphatic rings. The van der Waals surface area contributed by atoms with Crippen molar-refractivity contribution >= 4 is 5.91 Å². The maximum absolute atomic E-state index is 12.0. The summed E-state index contributed by atoms with van der Waals surface area (Å²) < 4.78 is 0. The third-order valence-corrected chi connectivity index (χ3v) is 4.10. The van der Waals surface area contributed by atoms with Gasteiger partial charge in [0.2, 0.25) is 5.91 Å². The van der Waals surface area contributed by atoms with Gasteiger partial charge in [-0.05, 0) is 31.2 Å². The molecule has 1 saturated carbocycles. The van der Waals surface area contributed by atoms with E-state index in [-0.39, 0.29) is 5.91 Å². The fourth-order valence-electron chi connectivity index (χ4n) is 2.66. The molecule has 1 amide bonds. The van der Waals surface area contributed by atoms with Crippen molar-refractivity contribution in [1.82, 2.24) is 4.90 Å². The Kier molecular flexibility index (Phi) is 2.67. The molecule has 1 aliphatic heterocycles. The number of β-amino-alcohol motifs (C(OH)–C–C–N with tert-alkyl or cyclic N) is 1. The first kappa shape index (κ1) is 11.7. The number of rotatable bonds is 3. The zero-order valence-electron chi connectivity index (χ0n) is 10.7. The van der Waals surface area contributed by atoms with E-state index < -0.39 is 5.60 Å². The van der Waals surface area contributed by atoms with Crippen LogP contribution in [0.5, 0.6) is 0 Å². The molecule has 2 fully saturated rings. The minimum Gasteiger partial charge on any atom is -0.386 e. The molecule has 1 heterocycles. The molecule has 0 radical (unpaired) electrons. The van der Waals surface area contributed by atoms with Crippen LogP contribution in [0.3, 0.4) is 0 Å². The Hall–Kier alpha value is -1.35. The van der Waals surface area contributed by atoms with Gasteiger partial charge in [0.1, 0.15) is 5.60 Å². The van der Waals surface area contributed by atoms with E-state index in [1.165, 1.54) is 5.56 Å². The average molecular weight is 245 g/mol. The molecular formula is C15H19NO2. The van der Waals surface area contributed by atoms with E-state index in [9.17, 15) is 9.90 Å². The molecule has 1 aromatic rings. The average Bonchev–Trinajstić information content (AvgIpc) is 3.12. The van der Waals surface area contributed by atoms with Gasteiger partial charge in [0.05, 0.1) is 19.5 Å². The maximum atomic E-state index is 12.0. The summed E-state index contributed by atoms with van der Waals surface area (Å²) in [4.78, 5) is 13.8. The van der Waals surface area contributed by atoms with Crippen LogP contribution < -0.4 is 0 Å². The predicted octanol–water partition coefficient (Wildman–Crippen LogP) is 1.52. The van der Waals surface area contributed by atoms with Gasteiger partial charge in [-0.2, -0.15) is 0 Å². The first-order valence-corrected chi connectivity index (χ1v) is 6.62. The molecule has 0 unspecified atom stereocenters. The minimum atomic E-state index is -0.567. The van der Waals surface area contributed by atoms with Crippen molar-refractivity contribution in [3.63, 3.8) is 0 Å². The summed E-state index contributed by atoms with van der Waals surface area (Å²) in [5.74, 6) is 0.574. The van der Waals surface area contributed by atoms with Gasteiger partial charge in [0, 0.05) is 0 Å². The van der Waals surface area contributed by atoms with Crippen molar-refractivity contribution in [2.75, 3.05) is 13.1 Å². The Morgan fingerprint density at radius 1 is 1.33 bits per heavy atom. The summed E-state index contributed by atoms with van der Waals surface area (Å²) in [7, 11) is 0. The second-order valence-electron chi connectivity index (χ2n) is 5.79. The van der Waals surface area contributed by atoms with Crippen LogP contribution in [-0.4, -0.2) is 34.6 Å². The number of nitrogens with zero attached hydrogens (tertiary/aromatic N) is 1. The summed E-state index contributed by atoms with van der Waals surface area (Å²) in [5.41, 5.74) is 1.69. The SMILES string of the molecule is Cc1ccc(CC(=O)N2CC(O)(C3CC3)C2)cc1. The van der Waals surface area contributed by atoms with Gasteiger partial charge in [0.25, 0.3) is 0 Å². The molecule has 96 valence electrons. The Morgan fingerprint density at radius 2 is 1.94 bits per heavy atom. The summed E-state index contributed by atoms with van der Waals surface area (Å²) in [5, 5.41) is 10.2. The predicted molar refractivity (Wildman–Crippen MR) is 69.1 cm³/mol. The fourth-order valence-corrected chi connectivity index (χ4v) is 2.66. The second kappa shape index (κ2) is 4.09. The molecule has 3 rings (SSSR count). The number of aryl methyl sites for hydroxylation is 1. The monoisotopic (exact) mass is 245 g/mol. The van der Waals surface area contributed by atoms with Crippen LogP contribution in [0.15, 0.2) is 24.3 Å². The van der Waals surface area contributed by atoms with Crippen LogP contribution in [0.25, 0.3) is 0 Å². The number of hydrogen-bond acceptors (Lipinski definition) is 2. The van der Waals surface area contributed by atoms with Crippen LogP contribution in [0, 0.1) is 12.8 Å². The summed E-state index contributed by atoms with van der Waals surface area (Å²) in [6, 6.07) is 8.05. The molecule has 3 nitrogen and oxygen atoms in total. The van der Waals surface area contributed by atoms with Gasteiger partial charge >= 0.3 is 0 Å². The van der Waals surface area contributed by atoms with Gasteiger partial charge in [-0.1, -0.05) is 29.8 Å². The van der Waals surface area contributed by atoms with Crippen LogP contribution in [-0.2, 0) is 11.2 Å². The lowest BCUT2D eigenvalue weighted by Crippen LogP contribution is -2.65. The normalized spacial score (nSPS) is 21.6. The van der Waals surface area contributed by atoms with E-state index in [2.05, 4.69) is 0 Å². The Morgan fingerprint density at radius 3 is 2.50 bits per heavy atom. The molecule has 1 aromatic carbocycles. The zero-order chi connectivity index (χ0) is 12.8. The first-order chi connectivity index (χ1) is 8.57. The summed E-state index contributed by atoms with van der Waals surface area (Å²) in [6.07, 6.45) is 2.69. The highest BCUT2D eigenvalue weighted by Crippen LogP contribution is 2.44. The lowest BCUT2D eigenvalue weighted by Gasteiger charge is -2.47. The Labute approximate surface area is 107 Å². The van der Waals surface area contributed by atoms with Gasteiger partial charge < -0.3 is 10.0 Å². The second-order valence-corrected chi connectivity index (χ2v) is 5.79. The number of amides is 1. The van der Waals surface area contributed by atoms with Crippen LogP contribution in [0.1, 0.15) is 24.0 Å². The zero-order valence-corrected chi connectivity index (χ0v) is 10.7. The van der Waals surface area contributed by atoms with Crippen LogP contribution in [0.2, 0.25) is 0 Å². The highest BCUT2D eigenvalue weighted by molar-refractivity contribution is 5.80. The van der Waals surface area contributed by atoms with E-state index in [1.807, 2.05) is 31.2 Å². The van der Waals surface area contributed by atoms with Crippen molar-refractivity contribution in [1.29, 1.82) is 0 Å². The molecule has 18 heavy (non-hydrogen) atoms. The lowest BCUT2D eigenvalue weighted by atomic mass is 9.88. The molecule has 1 N–H and O–H groups in total. The molecule has 0 bridgehead atoms. The highest BCUT2D eigenvalue weighted by atomic mass is 16.3. The number of hydrogen-bond donors (Lipinski definition) is 1. The lowest BCUT2D eigenvalue weighted by molar-refractivity contribution is -0.158. The summed E-state index contributed by atoms with van der Waals surface area (Å²) >= 11 is 0. The van der Waals surface area contributed by atoms with E-state index in [1.54, 1.807) is 4.90 Å². The van der Waals surface area contributed by atoms with E-state index in [0.29, 0.717) is 25.4 Å². The number of likely N-dealkylation sites (tertiary alicyclic amines) is 1. The number of aliphatic hydroxyl groups is 1. The third kappa shape index (κ3) is 2.15. The maximum Gasteiger partial charge on any atom is 0.227 e. The van der Waals surface area contributed by atoms with Crippen molar-refractivity contribution in [3.05, 3.63) is 35.4 Å². The molecule has 1 saturated heterocycles. The topological polar surface area (TPSA) is 40.5 Å². The molecule has 0 atom stereocenters. The van der Waals surface area contributed by atoms with Crippen molar-refractivity contribution in [2.24, 2.45) is 5.92 Å². The van der Waals surface area contributed by atoms with E-state index in [0.717, 1.165) is 18.4 Å². The number of benzene rings is 1. The van der Waals surface area contributed by atoms with Gasteiger partial charge in [-0.3, -0.25) is 4.79 Å². The first-order valence-electron chi connectivity index (χ1n) is 6.62. The standard InChI is InChI=1S/C15H19NO2/c1-11-2-4-12(5-3-11)8-14(17)16-9-15(18,10-16)13-6-7-13/h2-5,13,18H,6-10H2,1H3. The van der Waals surface area contributed by atoms with Crippen molar-refractivity contribution in [3.8, 4) is 0 Å². The molecular weight excluding hydrogens is 226 g/mol. The third-order valence-electron chi connectivity index (χ3n) is 4.10.